The van der Waals surface area contributed by atoms with Crippen LogP contribution in [-0.2, 0) is 10.0 Å². The Morgan fingerprint density at radius 1 is 1.15 bits per heavy atom. The van der Waals surface area contributed by atoms with Crippen molar-refractivity contribution < 1.29 is 8.42 Å². The second-order valence-electron chi connectivity index (χ2n) is 3.67. The van der Waals surface area contributed by atoms with E-state index in [0.717, 1.165) is 0 Å². The molecule has 2 rings (SSSR count). The maximum absolute atomic E-state index is 12.3. The van der Waals surface area contributed by atoms with E-state index in [1.807, 2.05) is 0 Å². The lowest BCUT2D eigenvalue weighted by molar-refractivity contribution is 0.601. The van der Waals surface area contributed by atoms with Crippen molar-refractivity contribution in [2.45, 2.75) is 4.90 Å². The number of halogens is 4. The minimum absolute atomic E-state index is 0.140. The number of rotatable bonds is 3. The largest absolute Gasteiger partial charge is 0.278 e. The number of nitrogens with one attached hydrogen (secondary N) is 1. The third kappa shape index (κ3) is 3.56. The smallest absolute Gasteiger partial charge is 0.265 e. The van der Waals surface area contributed by atoms with E-state index >= 15 is 0 Å². The molecule has 1 aromatic carbocycles. The van der Waals surface area contributed by atoms with Crippen molar-refractivity contribution in [1.29, 1.82) is 0 Å². The Bertz CT molecular complexity index is 768. The number of pyridine rings is 1. The average Bonchev–Trinajstić information content (AvgIpc) is 2.36. The Hall–Kier alpha value is -0.530. The molecule has 0 saturated carbocycles. The van der Waals surface area contributed by atoms with E-state index in [1.54, 1.807) is 6.07 Å². The highest BCUT2D eigenvalue weighted by Gasteiger charge is 2.20. The first-order chi connectivity index (χ1) is 9.29. The Morgan fingerprint density at radius 3 is 2.55 bits per heavy atom. The summed E-state index contributed by atoms with van der Waals surface area (Å²) >= 11 is 20.7. The molecule has 20 heavy (non-hydrogen) atoms. The molecule has 0 aliphatic rings. The van der Waals surface area contributed by atoms with E-state index in [2.05, 4.69) is 25.6 Å². The maximum Gasteiger partial charge on any atom is 0.265 e. The fraction of sp³-hybridized carbons (Fsp3) is 0. The molecule has 1 aromatic heterocycles. The third-order valence-electron chi connectivity index (χ3n) is 2.24. The van der Waals surface area contributed by atoms with Crippen molar-refractivity contribution in [3.63, 3.8) is 0 Å². The van der Waals surface area contributed by atoms with Crippen LogP contribution in [0.5, 0.6) is 0 Å². The number of nitrogens with zero attached hydrogens (tertiary/aromatic N) is 1. The van der Waals surface area contributed by atoms with Crippen molar-refractivity contribution in [1.82, 2.24) is 4.98 Å². The van der Waals surface area contributed by atoms with Crippen LogP contribution in [0, 0.1) is 0 Å². The molecule has 9 heteroatoms. The number of hydrogen-bond acceptors (Lipinski definition) is 3. The number of sulfonamides is 1. The Balaban J connectivity index is 2.46. The highest BCUT2D eigenvalue weighted by Crippen LogP contribution is 2.30. The van der Waals surface area contributed by atoms with E-state index in [0.29, 0.717) is 9.50 Å². The molecule has 0 bridgehead atoms. The van der Waals surface area contributed by atoms with Crippen LogP contribution in [0.4, 0.5) is 5.69 Å². The standard InChI is InChI=1S/C11H6BrCl3N2O2S/c12-6-3-10(11(15)16-5-6)20(18,19)17-9-4-7(13)1-2-8(9)14/h1-5,17H. The van der Waals surface area contributed by atoms with Gasteiger partial charge in [0.15, 0.2) is 0 Å². The predicted octanol–water partition coefficient (Wildman–Crippen LogP) is 4.61. The van der Waals surface area contributed by atoms with Gasteiger partial charge in [0.25, 0.3) is 10.0 Å². The Kier molecular flexibility index (Phi) is 4.81. The fourth-order valence-electron chi connectivity index (χ4n) is 1.37. The molecule has 4 nitrogen and oxygen atoms in total. The SMILES string of the molecule is O=S(=O)(Nc1cc(Cl)ccc1Cl)c1cc(Br)cnc1Cl. The van der Waals surface area contributed by atoms with Crippen LogP contribution in [0.25, 0.3) is 0 Å². The third-order valence-corrected chi connectivity index (χ3v) is 5.03. The van der Waals surface area contributed by atoms with Gasteiger partial charge in [-0.05, 0) is 40.2 Å². The van der Waals surface area contributed by atoms with Gasteiger partial charge in [-0.15, -0.1) is 0 Å². The highest BCUT2D eigenvalue weighted by atomic mass is 79.9. The molecule has 1 N–H and O–H groups in total. The second kappa shape index (κ2) is 6.07. The van der Waals surface area contributed by atoms with Crippen LogP contribution in [-0.4, -0.2) is 13.4 Å². The summed E-state index contributed by atoms with van der Waals surface area (Å²) in [6.45, 7) is 0. The van der Waals surface area contributed by atoms with Crippen LogP contribution in [0.1, 0.15) is 0 Å². The lowest BCUT2D eigenvalue weighted by Crippen LogP contribution is -2.14. The first-order valence-electron chi connectivity index (χ1n) is 5.08. The monoisotopic (exact) mass is 414 g/mol. The molecule has 0 unspecified atom stereocenters. The van der Waals surface area contributed by atoms with Crippen molar-refractivity contribution in [2.75, 3.05) is 4.72 Å². The van der Waals surface area contributed by atoms with Gasteiger partial charge < -0.3 is 0 Å². The lowest BCUT2D eigenvalue weighted by atomic mass is 10.3. The van der Waals surface area contributed by atoms with Gasteiger partial charge in [0, 0.05) is 15.7 Å². The molecular weight excluding hydrogens is 410 g/mol. The second-order valence-corrected chi connectivity index (χ2v) is 7.44. The van der Waals surface area contributed by atoms with Crippen molar-refractivity contribution in [3.05, 3.63) is 50.1 Å². The normalized spacial score (nSPS) is 11.4. The minimum Gasteiger partial charge on any atom is -0.278 e. The van der Waals surface area contributed by atoms with E-state index in [4.69, 9.17) is 34.8 Å². The molecule has 0 aliphatic carbocycles. The molecule has 0 fully saturated rings. The average molecular weight is 417 g/mol. The van der Waals surface area contributed by atoms with Gasteiger partial charge in [-0.2, -0.15) is 0 Å². The van der Waals surface area contributed by atoms with Gasteiger partial charge in [0.1, 0.15) is 10.0 Å². The zero-order chi connectivity index (χ0) is 14.9. The van der Waals surface area contributed by atoms with Crippen LogP contribution in [0.15, 0.2) is 39.8 Å². The van der Waals surface area contributed by atoms with Gasteiger partial charge in [-0.25, -0.2) is 13.4 Å². The molecule has 106 valence electrons. The zero-order valence-corrected chi connectivity index (χ0v) is 14.2. The van der Waals surface area contributed by atoms with Crippen LogP contribution in [0.2, 0.25) is 15.2 Å². The molecule has 1 heterocycles. The summed E-state index contributed by atoms with van der Waals surface area (Å²) in [5.74, 6) is 0. The fourth-order valence-corrected chi connectivity index (χ4v) is 3.78. The van der Waals surface area contributed by atoms with Crippen LogP contribution in [0.3, 0.4) is 0 Å². The minimum atomic E-state index is -3.92. The number of benzene rings is 1. The van der Waals surface area contributed by atoms with Crippen LogP contribution >= 0.6 is 50.7 Å². The predicted molar refractivity (Wildman–Crippen MR) is 84.2 cm³/mol. The molecule has 0 atom stereocenters. The molecule has 0 aliphatic heterocycles. The van der Waals surface area contributed by atoms with E-state index in [9.17, 15) is 8.42 Å². The summed E-state index contributed by atoms with van der Waals surface area (Å²) < 4.78 is 27.4. The van der Waals surface area contributed by atoms with Crippen molar-refractivity contribution in [3.8, 4) is 0 Å². The van der Waals surface area contributed by atoms with E-state index in [-0.39, 0.29) is 20.8 Å². The van der Waals surface area contributed by atoms with Gasteiger partial charge in [0.05, 0.1) is 10.7 Å². The summed E-state index contributed by atoms with van der Waals surface area (Å²) in [5.41, 5.74) is 0.162. The number of anilines is 1. The first kappa shape index (κ1) is 15.9. The number of hydrogen-bond donors (Lipinski definition) is 1. The molecule has 2 aromatic rings. The lowest BCUT2D eigenvalue weighted by Gasteiger charge is -2.11. The Morgan fingerprint density at radius 2 is 1.85 bits per heavy atom. The van der Waals surface area contributed by atoms with Gasteiger partial charge in [-0.3, -0.25) is 4.72 Å². The molecule has 0 spiro atoms. The van der Waals surface area contributed by atoms with Crippen molar-refractivity contribution in [2.24, 2.45) is 0 Å². The summed E-state index contributed by atoms with van der Waals surface area (Å²) in [6.07, 6.45) is 1.40. The van der Waals surface area contributed by atoms with Crippen LogP contribution < -0.4 is 4.72 Å². The summed E-state index contributed by atoms with van der Waals surface area (Å²) in [5, 5.41) is 0.432. The molecule has 0 saturated heterocycles. The quantitative estimate of drug-likeness (QED) is 0.744. The van der Waals surface area contributed by atoms with Gasteiger partial charge >= 0.3 is 0 Å². The van der Waals surface area contributed by atoms with Crippen molar-refractivity contribution >= 4 is 66.4 Å². The molecular formula is C11H6BrCl3N2O2S. The Labute approximate surface area is 139 Å². The van der Waals surface area contributed by atoms with Gasteiger partial charge in [-0.1, -0.05) is 34.8 Å². The number of aromatic nitrogens is 1. The van der Waals surface area contributed by atoms with E-state index in [1.165, 1.54) is 24.4 Å². The highest BCUT2D eigenvalue weighted by molar-refractivity contribution is 9.10. The molecule has 0 radical (unpaired) electrons. The zero-order valence-electron chi connectivity index (χ0n) is 9.57. The van der Waals surface area contributed by atoms with E-state index < -0.39 is 10.0 Å². The summed E-state index contributed by atoms with van der Waals surface area (Å²) in [6, 6.07) is 5.79. The first-order valence-corrected chi connectivity index (χ1v) is 8.49. The summed E-state index contributed by atoms with van der Waals surface area (Å²) in [4.78, 5) is 3.60. The maximum atomic E-state index is 12.3. The summed E-state index contributed by atoms with van der Waals surface area (Å²) in [7, 11) is -3.92. The molecule has 0 amide bonds. The van der Waals surface area contributed by atoms with Gasteiger partial charge in [0.2, 0.25) is 0 Å². The topological polar surface area (TPSA) is 59.1 Å².